The van der Waals surface area contributed by atoms with Gasteiger partial charge in [-0.2, -0.15) is 15.0 Å². The van der Waals surface area contributed by atoms with E-state index in [2.05, 4.69) is 39.3 Å². The molecule has 7 nitrogen and oxygen atoms in total. The first-order valence-corrected chi connectivity index (χ1v) is 6.06. The predicted octanol–water partition coefficient (Wildman–Crippen LogP) is 0.274. The van der Waals surface area contributed by atoms with Gasteiger partial charge in [-0.25, -0.2) is 0 Å². The Morgan fingerprint density at radius 1 is 1.06 bits per heavy atom. The average molecular weight is 253 g/mol. The maximum Gasteiger partial charge on any atom is 0.231 e. The predicted molar refractivity (Wildman–Crippen MR) is 74.8 cm³/mol. The molecule has 0 bridgehead atoms. The number of anilines is 3. The van der Waals surface area contributed by atoms with Crippen LogP contribution in [-0.2, 0) is 0 Å². The van der Waals surface area contributed by atoms with Gasteiger partial charge >= 0.3 is 0 Å². The third kappa shape index (κ3) is 5.13. The molecule has 1 aromatic heterocycles. The topological polar surface area (TPSA) is 83.2 Å². The number of nitrogens with two attached hydrogens (primary N) is 1. The van der Waals surface area contributed by atoms with Crippen LogP contribution < -0.4 is 16.0 Å². The molecule has 18 heavy (non-hydrogen) atoms. The molecule has 0 aliphatic rings. The minimum Gasteiger partial charge on any atom is -0.368 e. The van der Waals surface area contributed by atoms with Crippen LogP contribution in [-0.4, -0.2) is 61.1 Å². The molecule has 0 aliphatic carbocycles. The highest BCUT2D eigenvalue weighted by Crippen LogP contribution is 2.08. The lowest BCUT2D eigenvalue weighted by atomic mass is 10.3. The molecule has 7 heteroatoms. The SMILES string of the molecule is CN(C)CCCCNc1nc(N)nc(N(C)C)n1. The van der Waals surface area contributed by atoms with Crippen molar-refractivity contribution in [3.8, 4) is 0 Å². The van der Waals surface area contributed by atoms with E-state index < -0.39 is 0 Å². The van der Waals surface area contributed by atoms with E-state index in [0.717, 1.165) is 25.9 Å². The van der Waals surface area contributed by atoms with Crippen LogP contribution in [0.1, 0.15) is 12.8 Å². The van der Waals surface area contributed by atoms with Gasteiger partial charge in [-0.15, -0.1) is 0 Å². The number of nitrogens with one attached hydrogen (secondary N) is 1. The largest absolute Gasteiger partial charge is 0.368 e. The molecule has 0 aliphatic heterocycles. The molecule has 0 amide bonds. The Labute approximate surface area is 108 Å². The summed E-state index contributed by atoms with van der Waals surface area (Å²) in [6.45, 7) is 1.92. The fourth-order valence-corrected chi connectivity index (χ4v) is 1.41. The van der Waals surface area contributed by atoms with Gasteiger partial charge in [-0.1, -0.05) is 0 Å². The van der Waals surface area contributed by atoms with Crippen molar-refractivity contribution in [1.82, 2.24) is 19.9 Å². The molecule has 0 unspecified atom stereocenters. The normalized spacial score (nSPS) is 10.7. The highest BCUT2D eigenvalue weighted by Gasteiger charge is 2.05. The highest BCUT2D eigenvalue weighted by atomic mass is 15.3. The van der Waals surface area contributed by atoms with Crippen LogP contribution in [0, 0.1) is 0 Å². The van der Waals surface area contributed by atoms with E-state index >= 15 is 0 Å². The molecular formula is C11H23N7. The second kappa shape index (κ2) is 6.95. The first-order valence-electron chi connectivity index (χ1n) is 6.06. The van der Waals surface area contributed by atoms with E-state index in [9.17, 15) is 0 Å². The van der Waals surface area contributed by atoms with E-state index in [1.54, 1.807) is 4.90 Å². The fourth-order valence-electron chi connectivity index (χ4n) is 1.41. The molecule has 0 saturated carbocycles. The summed E-state index contributed by atoms with van der Waals surface area (Å²) in [6.07, 6.45) is 2.21. The van der Waals surface area contributed by atoms with E-state index in [-0.39, 0.29) is 5.95 Å². The van der Waals surface area contributed by atoms with Gasteiger partial charge in [0, 0.05) is 20.6 Å². The molecular weight excluding hydrogens is 230 g/mol. The zero-order valence-electron chi connectivity index (χ0n) is 11.6. The standard InChI is InChI=1S/C11H23N7/c1-17(2)8-6-5-7-13-10-14-9(12)15-11(16-10)18(3)4/h5-8H2,1-4H3,(H3,12,13,14,15,16). The van der Waals surface area contributed by atoms with Crippen LogP contribution in [0.5, 0.6) is 0 Å². The van der Waals surface area contributed by atoms with Gasteiger partial charge in [0.25, 0.3) is 0 Å². The summed E-state index contributed by atoms with van der Waals surface area (Å²) in [5.41, 5.74) is 5.63. The Bertz CT molecular complexity index is 364. The minimum atomic E-state index is 0.240. The van der Waals surface area contributed by atoms with Crippen molar-refractivity contribution >= 4 is 17.8 Å². The van der Waals surface area contributed by atoms with Crippen LogP contribution in [0.4, 0.5) is 17.8 Å². The molecule has 1 heterocycles. The lowest BCUT2D eigenvalue weighted by Gasteiger charge is -2.12. The summed E-state index contributed by atoms with van der Waals surface area (Å²) in [4.78, 5) is 16.3. The van der Waals surface area contributed by atoms with Gasteiger partial charge < -0.3 is 20.9 Å². The molecule has 0 aromatic carbocycles. The Balaban J connectivity index is 2.42. The van der Waals surface area contributed by atoms with E-state index in [1.165, 1.54) is 0 Å². The zero-order valence-corrected chi connectivity index (χ0v) is 11.6. The van der Waals surface area contributed by atoms with Crippen LogP contribution >= 0.6 is 0 Å². The van der Waals surface area contributed by atoms with Crippen molar-refractivity contribution in [2.24, 2.45) is 0 Å². The molecule has 102 valence electrons. The van der Waals surface area contributed by atoms with E-state index in [0.29, 0.717) is 11.9 Å². The number of rotatable bonds is 7. The molecule has 0 radical (unpaired) electrons. The summed E-state index contributed by atoms with van der Waals surface area (Å²) in [6, 6.07) is 0. The average Bonchev–Trinajstić information content (AvgIpc) is 2.27. The number of aromatic nitrogens is 3. The molecule has 1 aromatic rings. The van der Waals surface area contributed by atoms with Crippen molar-refractivity contribution in [2.45, 2.75) is 12.8 Å². The lowest BCUT2D eigenvalue weighted by molar-refractivity contribution is 0.396. The van der Waals surface area contributed by atoms with Gasteiger partial charge in [0.2, 0.25) is 17.8 Å². The van der Waals surface area contributed by atoms with Gasteiger partial charge in [0.15, 0.2) is 0 Å². The number of nitrogens with zero attached hydrogens (tertiary/aromatic N) is 5. The van der Waals surface area contributed by atoms with Crippen LogP contribution in [0.25, 0.3) is 0 Å². The van der Waals surface area contributed by atoms with Crippen molar-refractivity contribution in [1.29, 1.82) is 0 Å². The van der Waals surface area contributed by atoms with Crippen molar-refractivity contribution in [2.75, 3.05) is 57.2 Å². The van der Waals surface area contributed by atoms with Gasteiger partial charge in [0.1, 0.15) is 0 Å². The molecule has 1 rings (SSSR count). The summed E-state index contributed by atoms with van der Waals surface area (Å²) >= 11 is 0. The second-order valence-corrected chi connectivity index (χ2v) is 4.65. The Morgan fingerprint density at radius 2 is 1.78 bits per heavy atom. The van der Waals surface area contributed by atoms with Gasteiger partial charge in [-0.3, -0.25) is 0 Å². The number of hydrogen-bond donors (Lipinski definition) is 2. The summed E-state index contributed by atoms with van der Waals surface area (Å²) in [5.74, 6) is 1.35. The summed E-state index contributed by atoms with van der Waals surface area (Å²) in [7, 11) is 7.89. The Hall–Kier alpha value is -1.63. The van der Waals surface area contributed by atoms with Crippen molar-refractivity contribution < 1.29 is 0 Å². The summed E-state index contributed by atoms with van der Waals surface area (Å²) < 4.78 is 0. The number of unbranched alkanes of at least 4 members (excludes halogenated alkanes) is 1. The zero-order chi connectivity index (χ0) is 13.5. The molecule has 0 spiro atoms. The van der Waals surface area contributed by atoms with Crippen LogP contribution in [0.15, 0.2) is 0 Å². The van der Waals surface area contributed by atoms with Gasteiger partial charge in [0.05, 0.1) is 0 Å². The molecule has 3 N–H and O–H groups in total. The van der Waals surface area contributed by atoms with Crippen LogP contribution in [0.2, 0.25) is 0 Å². The Kier molecular flexibility index (Phi) is 5.57. The lowest BCUT2D eigenvalue weighted by Crippen LogP contribution is -2.17. The second-order valence-electron chi connectivity index (χ2n) is 4.65. The third-order valence-corrected chi connectivity index (χ3v) is 2.36. The number of hydrogen-bond acceptors (Lipinski definition) is 7. The fraction of sp³-hybridized carbons (Fsp3) is 0.727. The molecule has 0 saturated heterocycles. The molecule has 0 fully saturated rings. The van der Waals surface area contributed by atoms with Crippen molar-refractivity contribution in [3.63, 3.8) is 0 Å². The van der Waals surface area contributed by atoms with Crippen molar-refractivity contribution in [3.05, 3.63) is 0 Å². The quantitative estimate of drug-likeness (QED) is 0.675. The van der Waals surface area contributed by atoms with E-state index in [4.69, 9.17) is 5.73 Å². The smallest absolute Gasteiger partial charge is 0.231 e. The first-order chi connectivity index (χ1) is 8.49. The maximum absolute atomic E-state index is 5.63. The maximum atomic E-state index is 5.63. The first kappa shape index (κ1) is 14.4. The van der Waals surface area contributed by atoms with E-state index in [1.807, 2.05) is 14.1 Å². The van der Waals surface area contributed by atoms with Crippen LogP contribution in [0.3, 0.4) is 0 Å². The summed E-state index contributed by atoms with van der Waals surface area (Å²) in [5, 5.41) is 3.17. The highest BCUT2D eigenvalue weighted by molar-refractivity contribution is 5.40. The monoisotopic (exact) mass is 253 g/mol. The minimum absolute atomic E-state index is 0.240. The Morgan fingerprint density at radius 3 is 2.39 bits per heavy atom. The molecule has 0 atom stereocenters. The third-order valence-electron chi connectivity index (χ3n) is 2.36. The van der Waals surface area contributed by atoms with Gasteiger partial charge in [-0.05, 0) is 33.5 Å². The number of nitrogen functional groups attached to an aromatic ring is 1.